The smallest absolute Gasteiger partial charge is 0.258 e. The third-order valence-electron chi connectivity index (χ3n) is 2.54. The van der Waals surface area contributed by atoms with Gasteiger partial charge in [0.05, 0.1) is 10.6 Å². The minimum atomic E-state index is -0.545. The van der Waals surface area contributed by atoms with E-state index in [0.29, 0.717) is 15.2 Å². The van der Waals surface area contributed by atoms with Crippen molar-refractivity contribution in [3.05, 3.63) is 62.8 Å². The molecule has 0 aliphatic heterocycles. The minimum Gasteiger partial charge on any atom is -0.322 e. The van der Waals surface area contributed by atoms with Crippen LogP contribution in [-0.4, -0.2) is 5.91 Å². The second kappa shape index (κ2) is 5.72. The van der Waals surface area contributed by atoms with Crippen molar-refractivity contribution in [3.8, 4) is 0 Å². The molecule has 0 spiro atoms. The Morgan fingerprint density at radius 3 is 2.68 bits per heavy atom. The number of benzene rings is 2. The summed E-state index contributed by atoms with van der Waals surface area (Å²) in [7, 11) is 0. The van der Waals surface area contributed by atoms with Crippen LogP contribution in [-0.2, 0) is 0 Å². The van der Waals surface area contributed by atoms with Crippen LogP contribution in [0.1, 0.15) is 15.9 Å². The van der Waals surface area contributed by atoms with Gasteiger partial charge < -0.3 is 5.32 Å². The van der Waals surface area contributed by atoms with Crippen molar-refractivity contribution in [2.24, 2.45) is 0 Å². The summed E-state index contributed by atoms with van der Waals surface area (Å²) in [5.41, 5.74) is 1.39. The molecule has 0 saturated heterocycles. The first-order valence-corrected chi connectivity index (χ1v) is 6.67. The highest BCUT2D eigenvalue weighted by atomic mass is 79.9. The van der Waals surface area contributed by atoms with Gasteiger partial charge in [0.25, 0.3) is 5.91 Å². The Labute approximate surface area is 123 Å². The highest BCUT2D eigenvalue weighted by molar-refractivity contribution is 9.10. The molecule has 0 aromatic heterocycles. The SMILES string of the molecule is Cc1ccc(F)c(C(=O)Nc2ccc(Cl)c(Br)c2)c1. The van der Waals surface area contributed by atoms with Crippen molar-refractivity contribution in [3.63, 3.8) is 0 Å². The molecule has 2 aromatic carbocycles. The van der Waals surface area contributed by atoms with E-state index in [9.17, 15) is 9.18 Å². The van der Waals surface area contributed by atoms with E-state index in [0.717, 1.165) is 5.56 Å². The predicted octanol–water partition coefficient (Wildman–Crippen LogP) is 4.80. The topological polar surface area (TPSA) is 29.1 Å². The van der Waals surface area contributed by atoms with E-state index in [2.05, 4.69) is 21.2 Å². The minimum absolute atomic E-state index is 0.0195. The molecule has 1 N–H and O–H groups in total. The van der Waals surface area contributed by atoms with Crippen LogP contribution < -0.4 is 5.32 Å². The van der Waals surface area contributed by atoms with E-state index < -0.39 is 11.7 Å². The van der Waals surface area contributed by atoms with Crippen molar-refractivity contribution in [1.82, 2.24) is 0 Å². The molecule has 0 heterocycles. The van der Waals surface area contributed by atoms with E-state index in [4.69, 9.17) is 11.6 Å². The summed E-state index contributed by atoms with van der Waals surface area (Å²) < 4.78 is 14.2. The number of anilines is 1. The van der Waals surface area contributed by atoms with Crippen molar-refractivity contribution in [2.45, 2.75) is 6.92 Å². The Bertz CT molecular complexity index is 645. The summed E-state index contributed by atoms with van der Waals surface area (Å²) in [5, 5.41) is 3.17. The van der Waals surface area contributed by atoms with Crippen molar-refractivity contribution >= 4 is 39.1 Å². The molecule has 0 fully saturated rings. The maximum atomic E-state index is 13.6. The van der Waals surface area contributed by atoms with Gasteiger partial charge in [0.15, 0.2) is 0 Å². The van der Waals surface area contributed by atoms with Gasteiger partial charge in [0.2, 0.25) is 0 Å². The van der Waals surface area contributed by atoms with Gasteiger partial charge in [-0.1, -0.05) is 23.2 Å². The van der Waals surface area contributed by atoms with Gasteiger partial charge >= 0.3 is 0 Å². The zero-order valence-corrected chi connectivity index (χ0v) is 12.3. The average molecular weight is 343 g/mol. The lowest BCUT2D eigenvalue weighted by molar-refractivity contribution is 0.102. The number of halogens is 3. The fraction of sp³-hybridized carbons (Fsp3) is 0.0714. The van der Waals surface area contributed by atoms with Gasteiger partial charge in [-0.05, 0) is 53.2 Å². The fourth-order valence-electron chi connectivity index (χ4n) is 1.59. The van der Waals surface area contributed by atoms with Gasteiger partial charge in [0.1, 0.15) is 5.82 Å². The van der Waals surface area contributed by atoms with Crippen LogP contribution in [0.4, 0.5) is 10.1 Å². The molecule has 19 heavy (non-hydrogen) atoms. The summed E-state index contributed by atoms with van der Waals surface area (Å²) >= 11 is 9.12. The molecule has 2 rings (SSSR count). The molecular formula is C14H10BrClFNO. The fourth-order valence-corrected chi connectivity index (χ4v) is 2.08. The molecule has 0 bridgehead atoms. The lowest BCUT2D eigenvalue weighted by Crippen LogP contribution is -2.14. The summed E-state index contributed by atoms with van der Waals surface area (Å²) in [6, 6.07) is 9.36. The molecule has 2 nitrogen and oxygen atoms in total. The molecule has 98 valence electrons. The van der Waals surface area contributed by atoms with Crippen LogP contribution in [0.15, 0.2) is 40.9 Å². The maximum absolute atomic E-state index is 13.6. The van der Waals surface area contributed by atoms with E-state index in [1.165, 1.54) is 12.1 Å². The number of hydrogen-bond acceptors (Lipinski definition) is 1. The van der Waals surface area contributed by atoms with Gasteiger partial charge in [-0.25, -0.2) is 4.39 Å². The third kappa shape index (κ3) is 3.33. The predicted molar refractivity (Wildman–Crippen MR) is 78.2 cm³/mol. The third-order valence-corrected chi connectivity index (χ3v) is 3.76. The van der Waals surface area contributed by atoms with E-state index in [1.54, 1.807) is 31.2 Å². The summed E-state index contributed by atoms with van der Waals surface area (Å²) in [6.45, 7) is 1.80. The van der Waals surface area contributed by atoms with Gasteiger partial charge in [-0.2, -0.15) is 0 Å². The standard InChI is InChI=1S/C14H10BrClFNO/c1-8-2-5-13(17)10(6-8)14(19)18-9-3-4-12(16)11(15)7-9/h2-7H,1H3,(H,18,19). The first-order chi connectivity index (χ1) is 8.97. The van der Waals surface area contributed by atoms with Crippen LogP contribution in [0.2, 0.25) is 5.02 Å². The number of carbonyl (C=O) groups excluding carboxylic acids is 1. The van der Waals surface area contributed by atoms with Crippen LogP contribution in [0, 0.1) is 12.7 Å². The van der Waals surface area contributed by atoms with Crippen LogP contribution in [0.25, 0.3) is 0 Å². The number of nitrogens with one attached hydrogen (secondary N) is 1. The second-order valence-corrected chi connectivity index (χ2v) is 5.33. The largest absolute Gasteiger partial charge is 0.322 e. The second-order valence-electron chi connectivity index (χ2n) is 4.07. The van der Waals surface area contributed by atoms with Crippen molar-refractivity contribution in [2.75, 3.05) is 5.32 Å². The van der Waals surface area contributed by atoms with E-state index in [1.807, 2.05) is 0 Å². The molecule has 2 aromatic rings. The molecule has 0 atom stereocenters. The first kappa shape index (κ1) is 14.0. The number of amides is 1. The summed E-state index contributed by atoms with van der Waals surface area (Å²) in [5.74, 6) is -1.04. The van der Waals surface area contributed by atoms with Crippen molar-refractivity contribution < 1.29 is 9.18 Å². The van der Waals surface area contributed by atoms with Crippen LogP contribution in [0.5, 0.6) is 0 Å². The summed E-state index contributed by atoms with van der Waals surface area (Å²) in [6.07, 6.45) is 0. The Balaban J connectivity index is 2.25. The molecule has 5 heteroatoms. The van der Waals surface area contributed by atoms with Gasteiger partial charge in [-0.15, -0.1) is 0 Å². The Hall–Kier alpha value is -1.39. The molecular weight excluding hydrogens is 333 g/mol. The van der Waals surface area contributed by atoms with E-state index >= 15 is 0 Å². The normalized spacial score (nSPS) is 10.3. The highest BCUT2D eigenvalue weighted by Gasteiger charge is 2.12. The lowest BCUT2D eigenvalue weighted by atomic mass is 10.1. The molecule has 0 unspecified atom stereocenters. The zero-order chi connectivity index (χ0) is 14.0. The Kier molecular flexibility index (Phi) is 4.22. The first-order valence-electron chi connectivity index (χ1n) is 5.50. The Morgan fingerprint density at radius 2 is 2.00 bits per heavy atom. The quantitative estimate of drug-likeness (QED) is 0.834. The number of carbonyl (C=O) groups is 1. The molecule has 0 aliphatic rings. The number of aryl methyl sites for hydroxylation is 1. The van der Waals surface area contributed by atoms with Crippen LogP contribution in [0.3, 0.4) is 0 Å². The molecule has 0 radical (unpaired) electrons. The summed E-state index contributed by atoms with van der Waals surface area (Å²) in [4.78, 5) is 12.0. The molecule has 0 saturated carbocycles. The van der Waals surface area contributed by atoms with Gasteiger partial charge in [0, 0.05) is 10.2 Å². The number of hydrogen-bond donors (Lipinski definition) is 1. The zero-order valence-electron chi connectivity index (χ0n) is 10.0. The van der Waals surface area contributed by atoms with Crippen LogP contribution >= 0.6 is 27.5 Å². The van der Waals surface area contributed by atoms with E-state index in [-0.39, 0.29) is 5.56 Å². The Morgan fingerprint density at radius 1 is 1.26 bits per heavy atom. The molecule has 1 amide bonds. The number of rotatable bonds is 2. The average Bonchev–Trinajstić information content (AvgIpc) is 2.36. The van der Waals surface area contributed by atoms with Gasteiger partial charge in [-0.3, -0.25) is 4.79 Å². The highest BCUT2D eigenvalue weighted by Crippen LogP contribution is 2.26. The maximum Gasteiger partial charge on any atom is 0.258 e. The molecule has 0 aliphatic carbocycles. The van der Waals surface area contributed by atoms with Crippen molar-refractivity contribution in [1.29, 1.82) is 0 Å². The monoisotopic (exact) mass is 341 g/mol. The lowest BCUT2D eigenvalue weighted by Gasteiger charge is -2.08.